The second kappa shape index (κ2) is 7.12. The van der Waals surface area contributed by atoms with E-state index in [2.05, 4.69) is 0 Å². The molecule has 1 aromatic heterocycles. The third-order valence-corrected chi connectivity index (χ3v) is 3.63. The number of carbonyl (C=O) groups excluding carboxylic acids is 2. The van der Waals surface area contributed by atoms with Gasteiger partial charge in [-0.2, -0.15) is 0 Å². The molecule has 0 unspecified atom stereocenters. The van der Waals surface area contributed by atoms with Gasteiger partial charge in [0.2, 0.25) is 0 Å². The molecule has 0 saturated carbocycles. The van der Waals surface area contributed by atoms with Gasteiger partial charge in [-0.25, -0.2) is 4.79 Å². The predicted molar refractivity (Wildman–Crippen MR) is 89.3 cm³/mol. The second-order valence-corrected chi connectivity index (χ2v) is 5.18. The van der Waals surface area contributed by atoms with E-state index in [-0.39, 0.29) is 18.0 Å². The van der Waals surface area contributed by atoms with Gasteiger partial charge in [-0.05, 0) is 39.0 Å². The number of hydrogen-bond donors (Lipinski definition) is 0. The van der Waals surface area contributed by atoms with Crippen LogP contribution in [0.2, 0.25) is 0 Å². The number of Topliss-reactive ketones (excluding diaryl/α,β-unsaturated/α-hetero) is 1. The molecule has 0 aliphatic heterocycles. The van der Waals surface area contributed by atoms with E-state index >= 15 is 0 Å². The summed E-state index contributed by atoms with van der Waals surface area (Å²) in [6.45, 7) is 4.84. The fourth-order valence-electron chi connectivity index (χ4n) is 2.48. The van der Waals surface area contributed by atoms with E-state index in [1.165, 1.54) is 24.7 Å². The molecule has 0 N–H and O–H groups in total. The van der Waals surface area contributed by atoms with Crippen molar-refractivity contribution in [3.05, 3.63) is 57.5 Å². The van der Waals surface area contributed by atoms with Crippen LogP contribution in [0.1, 0.15) is 40.3 Å². The summed E-state index contributed by atoms with van der Waals surface area (Å²) >= 11 is 0. The minimum absolute atomic E-state index is 0.140. The van der Waals surface area contributed by atoms with Crippen LogP contribution in [-0.4, -0.2) is 30.0 Å². The quantitative estimate of drug-likeness (QED) is 0.622. The lowest BCUT2D eigenvalue weighted by atomic mass is 10.1. The molecule has 0 aliphatic rings. The summed E-state index contributed by atoms with van der Waals surface area (Å²) in [6, 6.07) is 8.13. The number of carbonyl (C=O) groups is 2. The number of esters is 1. The summed E-state index contributed by atoms with van der Waals surface area (Å²) in [4.78, 5) is 36.8. The van der Waals surface area contributed by atoms with Gasteiger partial charge in [0.1, 0.15) is 11.3 Å². The zero-order valence-electron chi connectivity index (χ0n) is 14.1. The number of ether oxygens (including phenoxy) is 2. The molecule has 6 heteroatoms. The molecule has 6 nitrogen and oxygen atoms in total. The zero-order valence-corrected chi connectivity index (χ0v) is 14.1. The molecule has 2 aromatic rings. The number of methoxy groups -OCH3 is 1. The Morgan fingerprint density at radius 1 is 1.17 bits per heavy atom. The Balaban J connectivity index is 2.80. The maximum atomic E-state index is 12.8. The van der Waals surface area contributed by atoms with Crippen LogP contribution in [0.15, 0.2) is 35.1 Å². The lowest BCUT2D eigenvalue weighted by molar-refractivity contribution is 0.0524. The van der Waals surface area contributed by atoms with Crippen molar-refractivity contribution in [1.29, 1.82) is 0 Å². The third kappa shape index (κ3) is 3.22. The molecule has 0 radical (unpaired) electrons. The van der Waals surface area contributed by atoms with Crippen LogP contribution in [0.4, 0.5) is 0 Å². The van der Waals surface area contributed by atoms with Gasteiger partial charge in [-0.15, -0.1) is 0 Å². The van der Waals surface area contributed by atoms with E-state index in [4.69, 9.17) is 9.47 Å². The van der Waals surface area contributed by atoms with Crippen LogP contribution in [0.25, 0.3) is 5.69 Å². The predicted octanol–water partition coefficient (Wildman–Crippen LogP) is 2.53. The van der Waals surface area contributed by atoms with Crippen molar-refractivity contribution < 1.29 is 19.1 Å². The van der Waals surface area contributed by atoms with Gasteiger partial charge in [0.15, 0.2) is 5.78 Å². The van der Waals surface area contributed by atoms with E-state index in [0.29, 0.717) is 22.7 Å². The van der Waals surface area contributed by atoms with Crippen LogP contribution < -0.4 is 10.3 Å². The monoisotopic (exact) mass is 329 g/mol. The van der Waals surface area contributed by atoms with Gasteiger partial charge in [0.05, 0.1) is 19.4 Å². The molecule has 0 atom stereocenters. The van der Waals surface area contributed by atoms with E-state index < -0.39 is 11.5 Å². The molecule has 0 amide bonds. The first-order chi connectivity index (χ1) is 11.4. The largest absolute Gasteiger partial charge is 0.497 e. The molecule has 1 aromatic carbocycles. The van der Waals surface area contributed by atoms with Gasteiger partial charge in [0, 0.05) is 17.3 Å². The molecule has 126 valence electrons. The van der Waals surface area contributed by atoms with Crippen molar-refractivity contribution in [2.45, 2.75) is 20.8 Å². The Morgan fingerprint density at radius 3 is 2.46 bits per heavy atom. The zero-order chi connectivity index (χ0) is 17.9. The number of aromatic nitrogens is 1. The normalized spacial score (nSPS) is 10.3. The van der Waals surface area contributed by atoms with Crippen molar-refractivity contribution in [3.63, 3.8) is 0 Å². The lowest BCUT2D eigenvalue weighted by Crippen LogP contribution is -2.29. The van der Waals surface area contributed by atoms with Crippen LogP contribution >= 0.6 is 0 Å². The molecular weight excluding hydrogens is 310 g/mol. The first kappa shape index (κ1) is 17.5. The van der Waals surface area contributed by atoms with Gasteiger partial charge in [0.25, 0.3) is 5.56 Å². The average Bonchev–Trinajstić information content (AvgIpc) is 2.55. The van der Waals surface area contributed by atoms with Crippen molar-refractivity contribution in [1.82, 2.24) is 4.57 Å². The molecular formula is C18H19NO5. The maximum Gasteiger partial charge on any atom is 0.343 e. The number of benzene rings is 1. The Labute approximate surface area is 139 Å². The van der Waals surface area contributed by atoms with Gasteiger partial charge in [-0.3, -0.25) is 14.2 Å². The highest BCUT2D eigenvalue weighted by atomic mass is 16.5. The fraction of sp³-hybridized carbons (Fsp3) is 0.278. The standard InChI is InChI=1S/C18H19NO5/c1-5-24-18(22)16-10-15(12(3)20)11(2)19(17(16)21)13-7-6-8-14(9-13)23-4/h6-10H,5H2,1-4H3. The summed E-state index contributed by atoms with van der Waals surface area (Å²) in [6.07, 6.45) is 0. The second-order valence-electron chi connectivity index (χ2n) is 5.18. The third-order valence-electron chi connectivity index (χ3n) is 3.63. The van der Waals surface area contributed by atoms with E-state index in [1.807, 2.05) is 0 Å². The average molecular weight is 329 g/mol. The Kier molecular flexibility index (Phi) is 5.18. The van der Waals surface area contributed by atoms with Crippen LogP contribution in [0.5, 0.6) is 5.75 Å². The minimum Gasteiger partial charge on any atom is -0.497 e. The molecule has 0 bridgehead atoms. The summed E-state index contributed by atoms with van der Waals surface area (Å²) < 4.78 is 11.4. The Hall–Kier alpha value is -2.89. The molecule has 0 aliphatic carbocycles. The number of pyridine rings is 1. The number of hydrogen-bond acceptors (Lipinski definition) is 5. The number of rotatable bonds is 5. The first-order valence-corrected chi connectivity index (χ1v) is 7.49. The summed E-state index contributed by atoms with van der Waals surface area (Å²) in [5.74, 6) is -0.430. The SMILES string of the molecule is CCOC(=O)c1cc(C(C)=O)c(C)n(-c2cccc(OC)c2)c1=O. The molecule has 0 saturated heterocycles. The molecule has 0 fully saturated rings. The summed E-state index contributed by atoms with van der Waals surface area (Å²) in [5, 5.41) is 0. The summed E-state index contributed by atoms with van der Waals surface area (Å²) in [7, 11) is 1.52. The Bertz CT molecular complexity index is 851. The molecule has 0 spiro atoms. The Morgan fingerprint density at radius 2 is 1.88 bits per heavy atom. The van der Waals surface area contributed by atoms with Gasteiger partial charge < -0.3 is 9.47 Å². The van der Waals surface area contributed by atoms with Crippen LogP contribution in [0, 0.1) is 6.92 Å². The highest BCUT2D eigenvalue weighted by Gasteiger charge is 2.21. The molecule has 1 heterocycles. The highest BCUT2D eigenvalue weighted by Crippen LogP contribution is 2.19. The summed E-state index contributed by atoms with van der Waals surface area (Å²) in [5.41, 5.74) is 0.541. The topological polar surface area (TPSA) is 74.6 Å². The number of nitrogens with zero attached hydrogens (tertiary/aromatic N) is 1. The van der Waals surface area contributed by atoms with Crippen molar-refractivity contribution in [2.24, 2.45) is 0 Å². The van der Waals surface area contributed by atoms with E-state index in [0.717, 1.165) is 0 Å². The van der Waals surface area contributed by atoms with Crippen molar-refractivity contribution in [3.8, 4) is 11.4 Å². The van der Waals surface area contributed by atoms with Crippen molar-refractivity contribution >= 4 is 11.8 Å². The first-order valence-electron chi connectivity index (χ1n) is 7.49. The van der Waals surface area contributed by atoms with Crippen LogP contribution in [-0.2, 0) is 4.74 Å². The van der Waals surface area contributed by atoms with Gasteiger partial charge in [-0.1, -0.05) is 6.07 Å². The lowest BCUT2D eigenvalue weighted by Gasteiger charge is -2.15. The van der Waals surface area contributed by atoms with E-state index in [9.17, 15) is 14.4 Å². The number of ketones is 1. The van der Waals surface area contributed by atoms with Crippen molar-refractivity contribution in [2.75, 3.05) is 13.7 Å². The van der Waals surface area contributed by atoms with E-state index in [1.54, 1.807) is 38.1 Å². The molecule has 24 heavy (non-hydrogen) atoms. The molecule has 2 rings (SSSR count). The smallest absolute Gasteiger partial charge is 0.343 e. The minimum atomic E-state index is -0.748. The highest BCUT2D eigenvalue weighted by molar-refractivity contribution is 5.98. The fourth-order valence-corrected chi connectivity index (χ4v) is 2.48. The van der Waals surface area contributed by atoms with Gasteiger partial charge >= 0.3 is 5.97 Å². The maximum absolute atomic E-state index is 12.8. The van der Waals surface area contributed by atoms with Crippen LogP contribution in [0.3, 0.4) is 0 Å².